The van der Waals surface area contributed by atoms with Crippen LogP contribution in [-0.2, 0) is 14.3 Å². The van der Waals surface area contributed by atoms with Crippen LogP contribution in [-0.4, -0.2) is 24.4 Å². The largest absolute Gasteiger partial charge is 0.467 e. The van der Waals surface area contributed by atoms with Crippen LogP contribution in [0.5, 0.6) is 0 Å². The normalized spacial score (nSPS) is 25.9. The van der Waals surface area contributed by atoms with E-state index in [-0.39, 0.29) is 5.78 Å². The third-order valence-corrected chi connectivity index (χ3v) is 3.05. The van der Waals surface area contributed by atoms with E-state index in [1.165, 1.54) is 13.2 Å². The summed E-state index contributed by atoms with van der Waals surface area (Å²) in [6, 6.07) is 0. The van der Waals surface area contributed by atoms with Crippen LogP contribution in [0.15, 0.2) is 35.6 Å². The molecule has 0 spiro atoms. The highest BCUT2D eigenvalue weighted by atomic mass is 16.5. The first-order valence-corrected chi connectivity index (χ1v) is 5.64. The fraction of sp³-hybridized carbons (Fsp3) is 0.385. The van der Waals surface area contributed by atoms with Gasteiger partial charge in [0.05, 0.1) is 12.7 Å². The van der Waals surface area contributed by atoms with Crippen molar-refractivity contribution < 1.29 is 14.3 Å². The van der Waals surface area contributed by atoms with Gasteiger partial charge in [-0.25, -0.2) is 4.79 Å². The molecule has 90 valence electrons. The summed E-state index contributed by atoms with van der Waals surface area (Å²) in [6.07, 6.45) is 8.39. The first kappa shape index (κ1) is 11.6. The van der Waals surface area contributed by atoms with Gasteiger partial charge in [-0.3, -0.25) is 4.79 Å². The molecule has 1 aliphatic carbocycles. The summed E-state index contributed by atoms with van der Waals surface area (Å²) in [6.45, 7) is 2.02. The molecule has 1 heterocycles. The number of ether oxygens (including phenoxy) is 1. The Morgan fingerprint density at radius 3 is 2.82 bits per heavy atom. The maximum Gasteiger partial charge on any atom is 0.336 e. The number of ketones is 1. The predicted molar refractivity (Wildman–Crippen MR) is 63.1 cm³/mol. The highest BCUT2D eigenvalue weighted by Gasteiger charge is 2.54. The predicted octanol–water partition coefficient (Wildman–Crippen LogP) is 1.25. The molecule has 1 unspecified atom stereocenters. The van der Waals surface area contributed by atoms with Crippen LogP contribution in [0.3, 0.4) is 0 Å². The number of carbonyl (C=O) groups excluding carboxylic acids is 2. The van der Waals surface area contributed by atoms with E-state index in [0.717, 1.165) is 12.1 Å². The van der Waals surface area contributed by atoms with Crippen molar-refractivity contribution in [2.24, 2.45) is 0 Å². The standard InChI is InChI=1S/C13H15NO3/c1-3-4-5-8-13(12(16)17-2)11-9(14-13)6-7-10(11)15/h4-7,14H,3,8H2,1-2H3/b5-4-. The van der Waals surface area contributed by atoms with E-state index in [0.29, 0.717) is 12.0 Å². The average molecular weight is 233 g/mol. The van der Waals surface area contributed by atoms with E-state index in [4.69, 9.17) is 4.74 Å². The summed E-state index contributed by atoms with van der Waals surface area (Å²) in [5.74, 6) is -0.511. The monoisotopic (exact) mass is 233 g/mol. The van der Waals surface area contributed by atoms with Crippen LogP contribution in [0.2, 0.25) is 0 Å². The van der Waals surface area contributed by atoms with E-state index in [9.17, 15) is 9.59 Å². The minimum Gasteiger partial charge on any atom is -0.467 e. The highest BCUT2D eigenvalue weighted by Crippen LogP contribution is 2.39. The Bertz CT molecular complexity index is 459. The van der Waals surface area contributed by atoms with Gasteiger partial charge in [0.1, 0.15) is 0 Å². The number of rotatable bonds is 4. The number of allylic oxidation sites excluding steroid dienone is 3. The smallest absolute Gasteiger partial charge is 0.336 e. The van der Waals surface area contributed by atoms with Gasteiger partial charge in [0.15, 0.2) is 11.3 Å². The Morgan fingerprint density at radius 1 is 1.47 bits per heavy atom. The molecule has 0 saturated carbocycles. The zero-order chi connectivity index (χ0) is 12.5. The molecular formula is C13H15NO3. The molecule has 0 aromatic carbocycles. The third kappa shape index (κ3) is 1.60. The van der Waals surface area contributed by atoms with Crippen molar-refractivity contribution in [3.05, 3.63) is 35.6 Å². The molecule has 0 aromatic heterocycles. The molecule has 2 rings (SSSR count). The highest BCUT2D eigenvalue weighted by molar-refractivity contribution is 6.16. The minimum absolute atomic E-state index is 0.103. The molecule has 0 radical (unpaired) electrons. The molecule has 0 amide bonds. The Balaban J connectivity index is 2.27. The second-order valence-corrected chi connectivity index (χ2v) is 4.09. The number of esters is 1. The van der Waals surface area contributed by atoms with E-state index < -0.39 is 11.5 Å². The van der Waals surface area contributed by atoms with Gasteiger partial charge < -0.3 is 10.1 Å². The van der Waals surface area contributed by atoms with E-state index >= 15 is 0 Å². The SMILES string of the molecule is CC/C=C\CC1(C(=O)OC)NC2=C1C(=O)C=C2. The fourth-order valence-corrected chi connectivity index (χ4v) is 2.22. The lowest BCUT2D eigenvalue weighted by Gasteiger charge is -2.41. The third-order valence-electron chi connectivity index (χ3n) is 3.05. The maximum atomic E-state index is 11.9. The summed E-state index contributed by atoms with van der Waals surface area (Å²) < 4.78 is 4.80. The summed E-state index contributed by atoms with van der Waals surface area (Å²) in [4.78, 5) is 23.6. The Labute approximate surface area is 100 Å². The van der Waals surface area contributed by atoms with Crippen LogP contribution in [0.1, 0.15) is 19.8 Å². The fourth-order valence-electron chi connectivity index (χ4n) is 2.22. The van der Waals surface area contributed by atoms with Gasteiger partial charge in [-0.1, -0.05) is 19.1 Å². The maximum absolute atomic E-state index is 11.9. The molecule has 4 nitrogen and oxygen atoms in total. The first-order valence-electron chi connectivity index (χ1n) is 5.64. The average Bonchev–Trinajstić information content (AvgIpc) is 2.59. The van der Waals surface area contributed by atoms with Crippen LogP contribution in [0.25, 0.3) is 0 Å². The number of methoxy groups -OCH3 is 1. The van der Waals surface area contributed by atoms with Crippen molar-refractivity contribution in [1.29, 1.82) is 0 Å². The van der Waals surface area contributed by atoms with Gasteiger partial charge in [-0.2, -0.15) is 0 Å². The van der Waals surface area contributed by atoms with Gasteiger partial charge >= 0.3 is 5.97 Å². The molecule has 1 aliphatic heterocycles. The molecule has 2 aliphatic rings. The van der Waals surface area contributed by atoms with Crippen molar-refractivity contribution in [3.8, 4) is 0 Å². The lowest BCUT2D eigenvalue weighted by Crippen LogP contribution is -2.61. The minimum atomic E-state index is -0.976. The van der Waals surface area contributed by atoms with Crippen molar-refractivity contribution in [2.75, 3.05) is 7.11 Å². The summed E-state index contributed by atoms with van der Waals surface area (Å²) >= 11 is 0. The van der Waals surface area contributed by atoms with Gasteiger partial charge in [0, 0.05) is 12.1 Å². The molecule has 0 bridgehead atoms. The van der Waals surface area contributed by atoms with Crippen LogP contribution < -0.4 is 5.32 Å². The summed E-state index contributed by atoms with van der Waals surface area (Å²) in [5, 5.41) is 3.04. The van der Waals surface area contributed by atoms with Gasteiger partial charge in [-0.15, -0.1) is 0 Å². The van der Waals surface area contributed by atoms with Crippen molar-refractivity contribution >= 4 is 11.8 Å². The lowest BCUT2D eigenvalue weighted by atomic mass is 9.78. The summed E-state index contributed by atoms with van der Waals surface area (Å²) in [7, 11) is 1.33. The van der Waals surface area contributed by atoms with Crippen LogP contribution >= 0.6 is 0 Å². The second kappa shape index (κ2) is 4.20. The molecule has 4 heteroatoms. The van der Waals surface area contributed by atoms with Crippen LogP contribution in [0.4, 0.5) is 0 Å². The van der Waals surface area contributed by atoms with E-state index in [1.54, 1.807) is 6.08 Å². The number of carbonyl (C=O) groups is 2. The second-order valence-electron chi connectivity index (χ2n) is 4.09. The number of hydrogen-bond donors (Lipinski definition) is 1. The van der Waals surface area contributed by atoms with Gasteiger partial charge in [-0.05, 0) is 18.6 Å². The van der Waals surface area contributed by atoms with Gasteiger partial charge in [0.2, 0.25) is 0 Å². The van der Waals surface area contributed by atoms with Crippen molar-refractivity contribution in [1.82, 2.24) is 5.32 Å². The molecule has 1 N–H and O–H groups in total. The Morgan fingerprint density at radius 2 is 2.24 bits per heavy atom. The van der Waals surface area contributed by atoms with Crippen molar-refractivity contribution in [2.45, 2.75) is 25.3 Å². The molecule has 0 fully saturated rings. The molecular weight excluding hydrogens is 218 g/mol. The van der Waals surface area contributed by atoms with Crippen molar-refractivity contribution in [3.63, 3.8) is 0 Å². The zero-order valence-electron chi connectivity index (χ0n) is 9.95. The number of nitrogens with one attached hydrogen (secondary N) is 1. The zero-order valence-corrected chi connectivity index (χ0v) is 9.95. The van der Waals surface area contributed by atoms with Crippen LogP contribution in [0, 0.1) is 0 Å². The number of hydrogen-bond acceptors (Lipinski definition) is 4. The molecule has 0 aromatic rings. The lowest BCUT2D eigenvalue weighted by molar-refractivity contribution is -0.148. The molecule has 1 atom stereocenters. The topological polar surface area (TPSA) is 55.4 Å². The Hall–Kier alpha value is -1.84. The van der Waals surface area contributed by atoms with E-state index in [1.807, 2.05) is 19.1 Å². The molecule has 0 saturated heterocycles. The quantitative estimate of drug-likeness (QED) is 0.586. The Kier molecular flexibility index (Phi) is 2.88. The molecule has 17 heavy (non-hydrogen) atoms. The van der Waals surface area contributed by atoms with Gasteiger partial charge in [0.25, 0.3) is 0 Å². The van der Waals surface area contributed by atoms with E-state index in [2.05, 4.69) is 5.32 Å². The summed E-state index contributed by atoms with van der Waals surface area (Å²) in [5.41, 5.74) is 0.298. The first-order chi connectivity index (χ1) is 8.15.